The fraction of sp³-hybridized carbons (Fsp3) is 0.292. The van der Waals surface area contributed by atoms with Crippen molar-refractivity contribution in [2.45, 2.75) is 45.2 Å². The van der Waals surface area contributed by atoms with Crippen molar-refractivity contribution in [1.82, 2.24) is 19.5 Å². The van der Waals surface area contributed by atoms with Gasteiger partial charge in [0.1, 0.15) is 6.04 Å². The molecule has 1 amide bonds. The van der Waals surface area contributed by atoms with E-state index in [2.05, 4.69) is 28.5 Å². The Hall–Kier alpha value is -3.41. The lowest BCUT2D eigenvalue weighted by Gasteiger charge is -2.28. The van der Waals surface area contributed by atoms with E-state index in [4.69, 9.17) is 0 Å². The summed E-state index contributed by atoms with van der Waals surface area (Å²) in [4.78, 5) is 29.6. The quantitative estimate of drug-likeness (QED) is 0.570. The summed E-state index contributed by atoms with van der Waals surface area (Å²) >= 11 is 0. The zero-order chi connectivity index (χ0) is 20.8. The maximum atomic E-state index is 13.4. The molecule has 0 bridgehead atoms. The van der Waals surface area contributed by atoms with Crippen molar-refractivity contribution < 1.29 is 4.79 Å². The molecule has 5 rings (SSSR count). The van der Waals surface area contributed by atoms with Gasteiger partial charge in [-0.25, -0.2) is 4.52 Å². The summed E-state index contributed by atoms with van der Waals surface area (Å²) in [5.74, 6) is -0.0440. The third kappa shape index (κ3) is 2.91. The number of carbonyl (C=O) groups excluding carboxylic acids is 1. The zero-order valence-electron chi connectivity index (χ0n) is 17.1. The van der Waals surface area contributed by atoms with Crippen molar-refractivity contribution in [1.29, 1.82) is 0 Å². The van der Waals surface area contributed by atoms with E-state index in [9.17, 15) is 9.59 Å². The summed E-state index contributed by atoms with van der Waals surface area (Å²) in [6.45, 7) is 3.76. The van der Waals surface area contributed by atoms with Gasteiger partial charge in [-0.2, -0.15) is 4.98 Å². The zero-order valence-corrected chi connectivity index (χ0v) is 17.1. The van der Waals surface area contributed by atoms with Gasteiger partial charge >= 0.3 is 0 Å². The van der Waals surface area contributed by atoms with Gasteiger partial charge in [-0.05, 0) is 56.4 Å². The minimum atomic E-state index is -0.468. The number of hydrogen-bond donors (Lipinski definition) is 1. The third-order valence-electron chi connectivity index (χ3n) is 6.12. The molecular weight excluding hydrogens is 376 g/mol. The van der Waals surface area contributed by atoms with Crippen LogP contribution in [0.25, 0.3) is 16.6 Å². The maximum absolute atomic E-state index is 13.4. The standard InChI is InChI=1S/C24H24N4O2/c1-15-14-22(29)26-23-19-11-5-6-13-21(19)28(27(15)23)16(2)24(30)25-20-12-7-9-17-8-3-4-10-18(17)20/h3-6,8,10-11,13-14,16,20H,7,9,12H2,1-2H3,(H,25,30). The second-order valence-electron chi connectivity index (χ2n) is 8.06. The molecule has 0 aliphatic heterocycles. The second kappa shape index (κ2) is 7.13. The van der Waals surface area contributed by atoms with Crippen LogP contribution in [-0.2, 0) is 11.2 Å². The summed E-state index contributed by atoms with van der Waals surface area (Å²) in [6, 6.07) is 17.2. The fourth-order valence-electron chi connectivity index (χ4n) is 4.70. The average Bonchev–Trinajstić information content (AvgIpc) is 3.08. The van der Waals surface area contributed by atoms with E-state index in [1.54, 1.807) is 0 Å². The number of fused-ring (bicyclic) bond motifs is 4. The van der Waals surface area contributed by atoms with E-state index in [1.165, 1.54) is 17.2 Å². The summed E-state index contributed by atoms with van der Waals surface area (Å²) in [6.07, 6.45) is 3.06. The van der Waals surface area contributed by atoms with Crippen molar-refractivity contribution >= 4 is 22.5 Å². The maximum Gasteiger partial charge on any atom is 0.273 e. The van der Waals surface area contributed by atoms with Crippen molar-refractivity contribution in [3.8, 4) is 0 Å². The molecule has 1 aliphatic carbocycles. The van der Waals surface area contributed by atoms with Gasteiger partial charge in [0.2, 0.25) is 5.91 Å². The molecule has 1 aliphatic rings. The molecule has 152 valence electrons. The molecular formula is C24H24N4O2. The van der Waals surface area contributed by atoms with Crippen LogP contribution in [0.5, 0.6) is 0 Å². The van der Waals surface area contributed by atoms with Crippen molar-refractivity contribution in [2.75, 3.05) is 0 Å². The smallest absolute Gasteiger partial charge is 0.273 e. The minimum Gasteiger partial charge on any atom is -0.347 e. The van der Waals surface area contributed by atoms with Crippen LogP contribution >= 0.6 is 0 Å². The Labute approximate surface area is 174 Å². The van der Waals surface area contributed by atoms with Gasteiger partial charge in [-0.3, -0.25) is 14.3 Å². The molecule has 0 fully saturated rings. The molecule has 2 heterocycles. The molecule has 2 atom stereocenters. The lowest BCUT2D eigenvalue weighted by molar-refractivity contribution is -0.125. The topological polar surface area (TPSA) is 68.4 Å². The van der Waals surface area contributed by atoms with Gasteiger partial charge in [-0.15, -0.1) is 0 Å². The summed E-state index contributed by atoms with van der Waals surface area (Å²) < 4.78 is 3.82. The van der Waals surface area contributed by atoms with E-state index >= 15 is 0 Å². The molecule has 6 nitrogen and oxygen atoms in total. The van der Waals surface area contributed by atoms with Crippen molar-refractivity contribution in [3.63, 3.8) is 0 Å². The molecule has 0 saturated heterocycles. The largest absolute Gasteiger partial charge is 0.347 e. The first-order chi connectivity index (χ1) is 14.5. The predicted molar refractivity (Wildman–Crippen MR) is 117 cm³/mol. The highest BCUT2D eigenvalue weighted by atomic mass is 16.2. The number of carbonyl (C=O) groups is 1. The van der Waals surface area contributed by atoms with E-state index in [0.29, 0.717) is 5.65 Å². The molecule has 2 aromatic heterocycles. The van der Waals surface area contributed by atoms with E-state index < -0.39 is 6.04 Å². The van der Waals surface area contributed by atoms with E-state index in [1.807, 2.05) is 53.4 Å². The Morgan fingerprint density at radius 1 is 1.17 bits per heavy atom. The van der Waals surface area contributed by atoms with Crippen LogP contribution < -0.4 is 10.9 Å². The third-order valence-corrected chi connectivity index (χ3v) is 6.12. The molecule has 0 radical (unpaired) electrons. The van der Waals surface area contributed by atoms with Gasteiger partial charge in [0, 0.05) is 17.1 Å². The van der Waals surface area contributed by atoms with Gasteiger partial charge in [0.15, 0.2) is 5.65 Å². The monoisotopic (exact) mass is 400 g/mol. The first-order valence-electron chi connectivity index (χ1n) is 10.4. The first-order valence-corrected chi connectivity index (χ1v) is 10.4. The molecule has 30 heavy (non-hydrogen) atoms. The molecule has 0 saturated carbocycles. The summed E-state index contributed by atoms with van der Waals surface area (Å²) in [7, 11) is 0. The predicted octanol–water partition coefficient (Wildman–Crippen LogP) is 3.71. The van der Waals surface area contributed by atoms with Crippen LogP contribution in [0, 0.1) is 6.92 Å². The molecule has 2 aromatic carbocycles. The Kier molecular flexibility index (Phi) is 4.42. The van der Waals surface area contributed by atoms with Crippen LogP contribution in [0.4, 0.5) is 0 Å². The normalized spacial score (nSPS) is 17.1. The van der Waals surface area contributed by atoms with Crippen molar-refractivity contribution in [3.05, 3.63) is 81.8 Å². The summed E-state index contributed by atoms with van der Waals surface area (Å²) in [5, 5.41) is 4.13. The molecule has 6 heteroatoms. The highest BCUT2D eigenvalue weighted by Gasteiger charge is 2.26. The number of aryl methyl sites for hydroxylation is 2. The van der Waals surface area contributed by atoms with Gasteiger partial charge in [0.25, 0.3) is 5.56 Å². The lowest BCUT2D eigenvalue weighted by atomic mass is 9.87. The van der Waals surface area contributed by atoms with Crippen LogP contribution in [-0.4, -0.2) is 20.1 Å². The second-order valence-corrected chi connectivity index (χ2v) is 8.06. The Morgan fingerprint density at radius 3 is 2.80 bits per heavy atom. The first kappa shape index (κ1) is 18.6. The van der Waals surface area contributed by atoms with E-state index in [-0.39, 0.29) is 17.5 Å². The average molecular weight is 400 g/mol. The number of benzene rings is 2. The van der Waals surface area contributed by atoms with Crippen LogP contribution in [0.1, 0.15) is 48.7 Å². The van der Waals surface area contributed by atoms with Gasteiger partial charge in [0.05, 0.1) is 11.6 Å². The molecule has 4 aromatic rings. The molecule has 1 N–H and O–H groups in total. The number of para-hydroxylation sites is 1. The summed E-state index contributed by atoms with van der Waals surface area (Å²) in [5.41, 5.74) is 4.47. The number of nitrogens with zero attached hydrogens (tertiary/aromatic N) is 3. The fourth-order valence-corrected chi connectivity index (χ4v) is 4.70. The van der Waals surface area contributed by atoms with Gasteiger partial charge < -0.3 is 5.32 Å². The SMILES string of the molecule is Cc1cc(=O)nc2c3ccccc3n(C(C)C(=O)NC3CCCc4ccccc43)n12. The number of nitrogens with one attached hydrogen (secondary N) is 1. The number of amides is 1. The van der Waals surface area contributed by atoms with E-state index in [0.717, 1.165) is 35.9 Å². The van der Waals surface area contributed by atoms with Crippen LogP contribution in [0.15, 0.2) is 59.4 Å². The highest BCUT2D eigenvalue weighted by Crippen LogP contribution is 2.31. The van der Waals surface area contributed by atoms with Crippen LogP contribution in [0.3, 0.4) is 0 Å². The Bertz CT molecular complexity index is 1330. The Balaban J connectivity index is 1.57. The lowest BCUT2D eigenvalue weighted by Crippen LogP contribution is -2.36. The van der Waals surface area contributed by atoms with Crippen molar-refractivity contribution in [2.24, 2.45) is 0 Å². The molecule has 0 spiro atoms. The number of hydrogen-bond acceptors (Lipinski definition) is 3. The van der Waals surface area contributed by atoms with Crippen LogP contribution in [0.2, 0.25) is 0 Å². The number of aromatic nitrogens is 3. The molecule has 2 unspecified atom stereocenters. The highest BCUT2D eigenvalue weighted by molar-refractivity contribution is 5.94. The van der Waals surface area contributed by atoms with Gasteiger partial charge in [-0.1, -0.05) is 36.4 Å². The minimum absolute atomic E-state index is 0.0236. The Morgan fingerprint density at radius 2 is 1.93 bits per heavy atom. The number of rotatable bonds is 3.